The first kappa shape index (κ1) is 16.7. The molecule has 1 nitrogen and oxygen atoms in total. The predicted octanol–water partition coefficient (Wildman–Crippen LogP) is 5.92. The molecular formula is C22H20ClNS. The van der Waals surface area contributed by atoms with Crippen molar-refractivity contribution < 1.29 is 0 Å². The van der Waals surface area contributed by atoms with Crippen LogP contribution in [0.1, 0.15) is 22.7 Å². The number of nitrogens with one attached hydrogen (secondary N) is 1. The molecule has 0 aliphatic carbocycles. The van der Waals surface area contributed by atoms with Crippen LogP contribution in [-0.4, -0.2) is 6.54 Å². The van der Waals surface area contributed by atoms with E-state index in [9.17, 15) is 0 Å². The van der Waals surface area contributed by atoms with E-state index in [2.05, 4.69) is 72.0 Å². The molecule has 1 atom stereocenters. The third kappa shape index (κ3) is 3.92. The van der Waals surface area contributed by atoms with Crippen LogP contribution in [0.15, 0.2) is 82.6 Å². The summed E-state index contributed by atoms with van der Waals surface area (Å²) >= 11 is 8.09. The molecule has 0 spiro atoms. The summed E-state index contributed by atoms with van der Waals surface area (Å²) in [7, 11) is 0. The third-order valence-corrected chi connectivity index (χ3v) is 6.05. The smallest absolute Gasteiger partial charge is 0.0409 e. The zero-order valence-electron chi connectivity index (χ0n) is 13.9. The Balaban J connectivity index is 1.57. The van der Waals surface area contributed by atoms with E-state index >= 15 is 0 Å². The van der Waals surface area contributed by atoms with E-state index in [4.69, 9.17) is 11.6 Å². The molecule has 0 saturated heterocycles. The van der Waals surface area contributed by atoms with Gasteiger partial charge >= 0.3 is 0 Å². The van der Waals surface area contributed by atoms with Crippen LogP contribution in [-0.2, 0) is 12.8 Å². The highest BCUT2D eigenvalue weighted by molar-refractivity contribution is 7.99. The van der Waals surface area contributed by atoms with E-state index in [0.717, 1.165) is 24.4 Å². The van der Waals surface area contributed by atoms with Crippen molar-refractivity contribution in [2.75, 3.05) is 6.54 Å². The number of benzene rings is 3. The quantitative estimate of drug-likeness (QED) is 0.615. The maximum absolute atomic E-state index is 6.24. The highest BCUT2D eigenvalue weighted by Crippen LogP contribution is 2.41. The van der Waals surface area contributed by atoms with Crippen molar-refractivity contribution in [1.29, 1.82) is 0 Å². The van der Waals surface area contributed by atoms with Gasteiger partial charge in [0.2, 0.25) is 0 Å². The van der Waals surface area contributed by atoms with E-state index in [-0.39, 0.29) is 0 Å². The first-order valence-corrected chi connectivity index (χ1v) is 9.81. The van der Waals surface area contributed by atoms with Crippen molar-refractivity contribution in [3.8, 4) is 0 Å². The Bertz CT molecular complexity index is 863. The molecule has 0 amide bonds. The molecular weight excluding hydrogens is 346 g/mol. The molecule has 0 aromatic heterocycles. The zero-order chi connectivity index (χ0) is 17.1. The summed E-state index contributed by atoms with van der Waals surface area (Å²) in [6.45, 7) is 0.962. The molecule has 4 rings (SSSR count). The minimum Gasteiger partial charge on any atom is -0.309 e. The second kappa shape index (κ2) is 7.65. The summed E-state index contributed by atoms with van der Waals surface area (Å²) in [5.41, 5.74) is 4.08. The van der Waals surface area contributed by atoms with Crippen molar-refractivity contribution in [2.24, 2.45) is 0 Å². The molecule has 1 aliphatic rings. The Hall–Kier alpha value is -1.74. The maximum atomic E-state index is 6.24. The van der Waals surface area contributed by atoms with Crippen LogP contribution < -0.4 is 5.32 Å². The van der Waals surface area contributed by atoms with Crippen LogP contribution in [0, 0.1) is 0 Å². The summed E-state index contributed by atoms with van der Waals surface area (Å²) in [6.07, 6.45) is 2.00. The third-order valence-electron chi connectivity index (χ3n) is 4.61. The van der Waals surface area contributed by atoms with E-state index in [0.29, 0.717) is 6.04 Å². The van der Waals surface area contributed by atoms with Gasteiger partial charge in [-0.1, -0.05) is 71.9 Å². The molecule has 0 saturated carbocycles. The van der Waals surface area contributed by atoms with E-state index in [1.165, 1.54) is 26.5 Å². The number of halogens is 1. The van der Waals surface area contributed by atoms with E-state index in [1.54, 1.807) is 0 Å². The predicted molar refractivity (Wildman–Crippen MR) is 107 cm³/mol. The highest BCUT2D eigenvalue weighted by atomic mass is 35.5. The summed E-state index contributed by atoms with van der Waals surface area (Å²) in [5.74, 6) is 0. The van der Waals surface area contributed by atoms with Crippen LogP contribution in [0.3, 0.4) is 0 Å². The summed E-state index contributed by atoms with van der Waals surface area (Å²) in [4.78, 5) is 2.64. The van der Waals surface area contributed by atoms with Gasteiger partial charge in [-0.2, -0.15) is 0 Å². The van der Waals surface area contributed by atoms with Gasteiger partial charge < -0.3 is 5.32 Å². The van der Waals surface area contributed by atoms with Crippen molar-refractivity contribution >= 4 is 23.4 Å². The molecule has 3 heteroatoms. The lowest BCUT2D eigenvalue weighted by atomic mass is 9.98. The first-order chi connectivity index (χ1) is 12.3. The largest absolute Gasteiger partial charge is 0.309 e. The minimum atomic E-state index is 0.312. The number of hydrogen-bond donors (Lipinski definition) is 1. The van der Waals surface area contributed by atoms with Gasteiger partial charge in [0.05, 0.1) is 0 Å². The van der Waals surface area contributed by atoms with Crippen LogP contribution in [0.25, 0.3) is 0 Å². The fourth-order valence-electron chi connectivity index (χ4n) is 3.33. The SMILES string of the molecule is Clc1ccc2c(c1)C[C@H](NCCc1ccccc1)c1ccccc1S2. The van der Waals surface area contributed by atoms with Crippen molar-refractivity contribution in [3.05, 3.63) is 94.5 Å². The average Bonchev–Trinajstić information content (AvgIpc) is 2.79. The molecule has 3 aromatic carbocycles. The lowest BCUT2D eigenvalue weighted by molar-refractivity contribution is 0.526. The number of rotatable bonds is 4. The summed E-state index contributed by atoms with van der Waals surface area (Å²) in [6, 6.07) is 25.9. The van der Waals surface area contributed by atoms with Crippen LogP contribution in [0.5, 0.6) is 0 Å². The number of fused-ring (bicyclic) bond motifs is 2. The fourth-order valence-corrected chi connectivity index (χ4v) is 4.65. The zero-order valence-corrected chi connectivity index (χ0v) is 15.5. The molecule has 0 bridgehead atoms. The van der Waals surface area contributed by atoms with Gasteiger partial charge in [-0.3, -0.25) is 0 Å². The Labute approximate surface area is 158 Å². The number of hydrogen-bond acceptors (Lipinski definition) is 2. The van der Waals surface area contributed by atoms with Gasteiger partial charge in [-0.15, -0.1) is 0 Å². The Kier molecular flexibility index (Phi) is 5.12. The van der Waals surface area contributed by atoms with Gasteiger partial charge in [0, 0.05) is 20.9 Å². The summed E-state index contributed by atoms with van der Waals surface area (Å²) < 4.78 is 0. The molecule has 3 aromatic rings. The summed E-state index contributed by atoms with van der Waals surface area (Å²) in [5, 5.41) is 4.58. The van der Waals surface area contributed by atoms with Crippen molar-refractivity contribution in [2.45, 2.75) is 28.7 Å². The molecule has 0 radical (unpaired) electrons. The van der Waals surface area contributed by atoms with Gasteiger partial charge in [-0.05, 0) is 60.3 Å². The second-order valence-electron chi connectivity index (χ2n) is 6.34. The van der Waals surface area contributed by atoms with Crippen LogP contribution in [0.2, 0.25) is 5.02 Å². The monoisotopic (exact) mass is 365 g/mol. The van der Waals surface area contributed by atoms with Crippen molar-refractivity contribution in [1.82, 2.24) is 5.32 Å². The first-order valence-electron chi connectivity index (χ1n) is 8.62. The molecule has 1 aliphatic heterocycles. The lowest BCUT2D eigenvalue weighted by Gasteiger charge is -2.19. The van der Waals surface area contributed by atoms with E-state index < -0.39 is 0 Å². The molecule has 126 valence electrons. The van der Waals surface area contributed by atoms with E-state index in [1.807, 2.05) is 17.8 Å². The molecule has 0 unspecified atom stereocenters. The maximum Gasteiger partial charge on any atom is 0.0409 e. The normalized spacial score (nSPS) is 16.0. The van der Waals surface area contributed by atoms with Crippen LogP contribution in [0.4, 0.5) is 0 Å². The molecule has 1 heterocycles. The van der Waals surface area contributed by atoms with Crippen molar-refractivity contribution in [3.63, 3.8) is 0 Å². The highest BCUT2D eigenvalue weighted by Gasteiger charge is 2.22. The Morgan fingerprint density at radius 1 is 0.920 bits per heavy atom. The van der Waals surface area contributed by atoms with Gasteiger partial charge in [-0.25, -0.2) is 0 Å². The Morgan fingerprint density at radius 3 is 2.60 bits per heavy atom. The topological polar surface area (TPSA) is 12.0 Å². The molecule has 1 N–H and O–H groups in total. The lowest BCUT2D eigenvalue weighted by Crippen LogP contribution is -2.25. The standard InChI is InChI=1S/C22H20ClNS/c23-18-10-11-21-17(14-18)15-20(19-8-4-5-9-22(19)25-21)24-13-12-16-6-2-1-3-7-16/h1-11,14,20,24H,12-13,15H2/t20-/m0/s1. The molecule has 0 fully saturated rings. The van der Waals surface area contributed by atoms with Gasteiger partial charge in [0.25, 0.3) is 0 Å². The van der Waals surface area contributed by atoms with Gasteiger partial charge in [0.1, 0.15) is 0 Å². The second-order valence-corrected chi connectivity index (χ2v) is 7.86. The minimum absolute atomic E-state index is 0.312. The average molecular weight is 366 g/mol. The van der Waals surface area contributed by atoms with Gasteiger partial charge in [0.15, 0.2) is 0 Å². The Morgan fingerprint density at radius 2 is 1.72 bits per heavy atom. The fraction of sp³-hybridized carbons (Fsp3) is 0.182. The molecule has 25 heavy (non-hydrogen) atoms. The van der Waals surface area contributed by atoms with Crippen LogP contribution >= 0.6 is 23.4 Å².